The summed E-state index contributed by atoms with van der Waals surface area (Å²) in [6.45, 7) is 1.89. The molecule has 6 heteroatoms. The first-order valence-corrected chi connectivity index (χ1v) is 10.9. The number of rotatable bonds is 6. The number of azo groups is 1. The van der Waals surface area contributed by atoms with E-state index in [9.17, 15) is 8.42 Å². The third-order valence-corrected chi connectivity index (χ3v) is 5.88. The Morgan fingerprint density at radius 3 is 2.30 bits per heavy atom. The molecule has 0 amide bonds. The van der Waals surface area contributed by atoms with Crippen molar-refractivity contribution in [3.05, 3.63) is 102 Å². The number of hydrogen-bond acceptors (Lipinski definition) is 5. The molecule has 1 aliphatic carbocycles. The Balaban J connectivity index is 1.45. The summed E-state index contributed by atoms with van der Waals surface area (Å²) in [6.07, 6.45) is 7.19. The minimum atomic E-state index is -3.88. The van der Waals surface area contributed by atoms with Crippen molar-refractivity contribution in [2.75, 3.05) is 0 Å². The Bertz CT molecular complexity index is 1240. The van der Waals surface area contributed by atoms with Crippen molar-refractivity contribution in [2.45, 2.75) is 18.2 Å². The number of hydrogen-bond donors (Lipinski definition) is 0. The summed E-state index contributed by atoms with van der Waals surface area (Å²) in [4.78, 5) is 0.115. The minimum Gasteiger partial charge on any atom is -0.379 e. The smallest absolute Gasteiger partial charge is 0.339 e. The van der Waals surface area contributed by atoms with Crippen LogP contribution in [0.2, 0.25) is 0 Å². The molecule has 1 aliphatic rings. The van der Waals surface area contributed by atoms with E-state index >= 15 is 0 Å². The van der Waals surface area contributed by atoms with Gasteiger partial charge in [-0.15, -0.1) is 0 Å². The van der Waals surface area contributed by atoms with Crippen LogP contribution in [0.4, 0.5) is 11.4 Å². The zero-order chi connectivity index (χ0) is 21.0. The van der Waals surface area contributed by atoms with Crippen LogP contribution in [0.1, 0.15) is 17.5 Å². The Morgan fingerprint density at radius 1 is 0.867 bits per heavy atom. The maximum atomic E-state index is 12.4. The Morgan fingerprint density at radius 2 is 1.60 bits per heavy atom. The van der Waals surface area contributed by atoms with Gasteiger partial charge in [-0.05, 0) is 73.0 Å². The zero-order valence-electron chi connectivity index (χ0n) is 16.4. The summed E-state index contributed by atoms with van der Waals surface area (Å²) < 4.78 is 30.0. The second-order valence-electron chi connectivity index (χ2n) is 6.92. The summed E-state index contributed by atoms with van der Waals surface area (Å²) in [5, 5.41) is 8.52. The molecule has 5 nitrogen and oxygen atoms in total. The van der Waals surface area contributed by atoms with E-state index in [1.54, 1.807) is 36.4 Å². The third-order valence-electron chi connectivity index (χ3n) is 4.62. The molecule has 0 radical (unpaired) electrons. The van der Waals surface area contributed by atoms with Gasteiger partial charge in [-0.25, -0.2) is 0 Å². The molecule has 30 heavy (non-hydrogen) atoms. The first-order chi connectivity index (χ1) is 14.5. The molecule has 0 bridgehead atoms. The fourth-order valence-electron chi connectivity index (χ4n) is 2.99. The fourth-order valence-corrected chi connectivity index (χ4v) is 3.92. The molecule has 0 aliphatic heterocycles. The second kappa shape index (κ2) is 8.47. The van der Waals surface area contributed by atoms with Crippen LogP contribution >= 0.6 is 0 Å². The van der Waals surface area contributed by atoms with Crippen LogP contribution in [0.3, 0.4) is 0 Å². The fraction of sp³-hybridized carbons (Fsp3) is 0.0833. The SMILES string of the molecule is Cc1ccc(S(=O)(=O)Oc2ccc(N=Nc3cccc(C4=CC=CC4)c3)cc2)cc1. The topological polar surface area (TPSA) is 68.1 Å². The van der Waals surface area contributed by atoms with Crippen molar-refractivity contribution in [1.29, 1.82) is 0 Å². The minimum absolute atomic E-state index is 0.115. The van der Waals surface area contributed by atoms with Crippen LogP contribution in [0.25, 0.3) is 5.57 Å². The highest BCUT2D eigenvalue weighted by molar-refractivity contribution is 7.87. The van der Waals surface area contributed by atoms with Crippen molar-refractivity contribution in [3.8, 4) is 5.75 Å². The van der Waals surface area contributed by atoms with Gasteiger partial charge in [0.15, 0.2) is 0 Å². The lowest BCUT2D eigenvalue weighted by Gasteiger charge is -2.07. The molecule has 0 spiro atoms. The third kappa shape index (κ3) is 4.72. The molecule has 0 heterocycles. The molecule has 150 valence electrons. The van der Waals surface area contributed by atoms with Crippen LogP contribution < -0.4 is 4.18 Å². The highest BCUT2D eigenvalue weighted by Gasteiger charge is 2.16. The molecular weight excluding hydrogens is 396 g/mol. The van der Waals surface area contributed by atoms with Crippen molar-refractivity contribution in [3.63, 3.8) is 0 Å². The van der Waals surface area contributed by atoms with Crippen molar-refractivity contribution in [2.24, 2.45) is 10.2 Å². The lowest BCUT2D eigenvalue weighted by Crippen LogP contribution is -2.09. The predicted octanol–water partition coefficient (Wildman–Crippen LogP) is 6.52. The number of allylic oxidation sites excluding steroid dienone is 4. The first kappa shape index (κ1) is 19.8. The largest absolute Gasteiger partial charge is 0.379 e. The Labute approximate surface area is 176 Å². The Kier molecular flexibility index (Phi) is 5.59. The monoisotopic (exact) mass is 416 g/mol. The predicted molar refractivity (Wildman–Crippen MR) is 118 cm³/mol. The van der Waals surface area contributed by atoms with Crippen LogP contribution in [0, 0.1) is 6.92 Å². The molecule has 0 atom stereocenters. The van der Waals surface area contributed by atoms with Gasteiger partial charge in [0.25, 0.3) is 0 Å². The molecule has 0 fully saturated rings. The van der Waals surface area contributed by atoms with E-state index in [2.05, 4.69) is 28.4 Å². The van der Waals surface area contributed by atoms with E-state index < -0.39 is 10.1 Å². The van der Waals surface area contributed by atoms with E-state index in [1.807, 2.05) is 31.2 Å². The summed E-state index contributed by atoms with van der Waals surface area (Å²) in [5.74, 6) is 0.220. The summed E-state index contributed by atoms with van der Waals surface area (Å²) in [6, 6.07) is 20.9. The van der Waals surface area contributed by atoms with Gasteiger partial charge in [-0.2, -0.15) is 18.6 Å². The lowest BCUT2D eigenvalue weighted by atomic mass is 10.1. The highest BCUT2D eigenvalue weighted by atomic mass is 32.2. The van der Waals surface area contributed by atoms with Crippen LogP contribution in [-0.2, 0) is 10.1 Å². The van der Waals surface area contributed by atoms with Crippen LogP contribution in [0.15, 0.2) is 106 Å². The van der Waals surface area contributed by atoms with Gasteiger partial charge in [-0.1, -0.05) is 48.1 Å². The summed E-state index contributed by atoms with van der Waals surface area (Å²) >= 11 is 0. The van der Waals surface area contributed by atoms with Gasteiger partial charge in [0, 0.05) is 0 Å². The van der Waals surface area contributed by atoms with E-state index in [-0.39, 0.29) is 10.6 Å². The molecule has 0 N–H and O–H groups in total. The standard InChI is InChI=1S/C24H20N2O3S/c1-18-9-15-24(16-10-18)30(27,28)29-23-13-11-21(12-14-23)25-26-22-8-4-7-20(17-22)19-5-2-3-6-19/h2-5,7-17H,6H2,1H3. The molecule has 3 aromatic carbocycles. The van der Waals surface area contributed by atoms with Crippen molar-refractivity contribution >= 4 is 27.1 Å². The lowest BCUT2D eigenvalue weighted by molar-refractivity contribution is 0.486. The molecule has 0 unspecified atom stereocenters. The average molecular weight is 417 g/mol. The van der Waals surface area contributed by atoms with Gasteiger partial charge in [0.2, 0.25) is 0 Å². The van der Waals surface area contributed by atoms with Gasteiger partial charge >= 0.3 is 10.1 Å². The number of aryl methyl sites for hydroxylation is 1. The van der Waals surface area contributed by atoms with Gasteiger partial charge in [-0.3, -0.25) is 0 Å². The van der Waals surface area contributed by atoms with Crippen molar-refractivity contribution < 1.29 is 12.6 Å². The molecular formula is C24H20N2O3S. The highest BCUT2D eigenvalue weighted by Crippen LogP contribution is 2.28. The molecule has 0 saturated carbocycles. The normalized spacial score (nSPS) is 13.6. The summed E-state index contributed by atoms with van der Waals surface area (Å²) in [5.41, 5.74) is 4.71. The molecule has 0 saturated heterocycles. The number of nitrogens with zero attached hydrogens (tertiary/aromatic N) is 2. The summed E-state index contributed by atoms with van der Waals surface area (Å²) in [7, 11) is -3.88. The quantitative estimate of drug-likeness (QED) is 0.339. The maximum Gasteiger partial charge on any atom is 0.339 e. The Hall–Kier alpha value is -3.51. The molecule has 3 aromatic rings. The van der Waals surface area contributed by atoms with Crippen LogP contribution in [-0.4, -0.2) is 8.42 Å². The average Bonchev–Trinajstić information content (AvgIpc) is 3.29. The van der Waals surface area contributed by atoms with Crippen molar-refractivity contribution in [1.82, 2.24) is 0 Å². The van der Waals surface area contributed by atoms with E-state index in [0.717, 1.165) is 23.2 Å². The van der Waals surface area contributed by atoms with E-state index in [0.29, 0.717) is 5.69 Å². The van der Waals surface area contributed by atoms with Gasteiger partial charge in [0.05, 0.1) is 11.4 Å². The van der Waals surface area contributed by atoms with Gasteiger partial charge in [0.1, 0.15) is 10.6 Å². The van der Waals surface area contributed by atoms with Crippen LogP contribution in [0.5, 0.6) is 5.75 Å². The van der Waals surface area contributed by atoms with Gasteiger partial charge < -0.3 is 4.18 Å². The van der Waals surface area contributed by atoms with E-state index in [1.165, 1.54) is 17.7 Å². The molecule has 4 rings (SSSR count). The van der Waals surface area contributed by atoms with E-state index in [4.69, 9.17) is 4.18 Å². The maximum absolute atomic E-state index is 12.4. The second-order valence-corrected chi connectivity index (χ2v) is 8.47. The first-order valence-electron chi connectivity index (χ1n) is 9.49. The molecule has 0 aromatic heterocycles. The number of benzene rings is 3. The zero-order valence-corrected chi connectivity index (χ0v) is 17.2.